The lowest BCUT2D eigenvalue weighted by Crippen LogP contribution is -2.33. The Morgan fingerprint density at radius 3 is 2.67 bits per heavy atom. The first-order valence-electron chi connectivity index (χ1n) is 7.32. The van der Waals surface area contributed by atoms with Gasteiger partial charge in [-0.2, -0.15) is 10.4 Å². The summed E-state index contributed by atoms with van der Waals surface area (Å²) >= 11 is 3.37. The molecular weight excluding hydrogens is 334 g/mol. The third kappa shape index (κ3) is 3.85. The van der Waals surface area contributed by atoms with Crippen molar-refractivity contribution in [1.82, 2.24) is 9.78 Å². The second-order valence-electron chi connectivity index (χ2n) is 5.77. The quantitative estimate of drug-likeness (QED) is 0.760. The Bertz CT molecular complexity index is 529. The van der Waals surface area contributed by atoms with Crippen LogP contribution in [0.4, 0.5) is 0 Å². The molecule has 1 aliphatic rings. The van der Waals surface area contributed by atoms with Crippen LogP contribution in [0.1, 0.15) is 45.6 Å². The van der Waals surface area contributed by atoms with Crippen LogP contribution in [0.3, 0.4) is 0 Å². The first-order chi connectivity index (χ1) is 10.0. The fraction of sp³-hybridized carbons (Fsp3) is 0.667. The highest BCUT2D eigenvalue weighted by Gasteiger charge is 2.39. The molecule has 0 amide bonds. The second kappa shape index (κ2) is 7.08. The van der Waals surface area contributed by atoms with Gasteiger partial charge in [0, 0.05) is 6.20 Å². The molecule has 0 spiro atoms. The lowest BCUT2D eigenvalue weighted by Gasteiger charge is -2.27. The Morgan fingerprint density at radius 1 is 1.52 bits per heavy atom. The molecule has 0 N–H and O–H groups in total. The highest BCUT2D eigenvalue weighted by atomic mass is 79.9. The van der Waals surface area contributed by atoms with Crippen LogP contribution in [0.5, 0.6) is 0 Å². The van der Waals surface area contributed by atoms with Gasteiger partial charge in [0.25, 0.3) is 0 Å². The average molecular weight is 354 g/mol. The number of carbonyl (C=O) groups excluding carboxylic acids is 1. The molecule has 1 aliphatic carbocycles. The number of hydrogen-bond donors (Lipinski definition) is 0. The van der Waals surface area contributed by atoms with E-state index in [0.29, 0.717) is 5.92 Å². The predicted molar refractivity (Wildman–Crippen MR) is 81.3 cm³/mol. The average Bonchev–Trinajstić information content (AvgIpc) is 3.06. The summed E-state index contributed by atoms with van der Waals surface area (Å²) in [6.45, 7) is 3.59. The molecule has 1 aromatic heterocycles. The molecule has 0 saturated heterocycles. The van der Waals surface area contributed by atoms with Gasteiger partial charge in [-0.15, -0.1) is 0 Å². The van der Waals surface area contributed by atoms with E-state index < -0.39 is 11.9 Å². The second-order valence-corrected chi connectivity index (χ2v) is 6.68. The maximum atomic E-state index is 12.3. The topological polar surface area (TPSA) is 67.9 Å². The number of halogens is 1. The van der Waals surface area contributed by atoms with Gasteiger partial charge in [0.2, 0.25) is 0 Å². The van der Waals surface area contributed by atoms with Crippen LogP contribution < -0.4 is 0 Å². The van der Waals surface area contributed by atoms with Gasteiger partial charge in [0.15, 0.2) is 5.92 Å². The van der Waals surface area contributed by atoms with E-state index in [1.165, 1.54) is 0 Å². The Labute approximate surface area is 133 Å². The number of hydrogen-bond acceptors (Lipinski definition) is 4. The summed E-state index contributed by atoms with van der Waals surface area (Å²) in [4.78, 5) is 12.3. The summed E-state index contributed by atoms with van der Waals surface area (Å²) in [5, 5.41) is 13.8. The van der Waals surface area contributed by atoms with Crippen molar-refractivity contribution in [2.45, 2.75) is 51.7 Å². The first kappa shape index (κ1) is 16.0. The van der Waals surface area contributed by atoms with E-state index in [-0.39, 0.29) is 12.1 Å². The van der Waals surface area contributed by atoms with Crippen LogP contribution in [-0.4, -0.2) is 21.9 Å². The highest BCUT2D eigenvalue weighted by molar-refractivity contribution is 9.10. The van der Waals surface area contributed by atoms with Crippen molar-refractivity contribution >= 4 is 21.9 Å². The fourth-order valence-corrected chi connectivity index (χ4v) is 3.29. The Morgan fingerprint density at radius 2 is 2.19 bits per heavy atom. The van der Waals surface area contributed by atoms with Crippen LogP contribution in [0, 0.1) is 23.2 Å². The lowest BCUT2D eigenvalue weighted by molar-refractivity contribution is -0.152. The number of nitrogens with zero attached hydrogens (tertiary/aromatic N) is 3. The maximum absolute atomic E-state index is 12.3. The molecule has 6 heteroatoms. The molecular formula is C15H20BrN3O2. The van der Waals surface area contributed by atoms with Crippen LogP contribution in [0.25, 0.3) is 0 Å². The molecule has 1 unspecified atom stereocenters. The van der Waals surface area contributed by atoms with Crippen LogP contribution in [0.2, 0.25) is 0 Å². The monoisotopic (exact) mass is 353 g/mol. The smallest absolute Gasteiger partial charge is 0.325 e. The first-order valence-corrected chi connectivity index (χ1v) is 8.12. The van der Waals surface area contributed by atoms with E-state index in [0.717, 1.165) is 30.2 Å². The fourth-order valence-electron chi connectivity index (χ4n) is 2.99. The summed E-state index contributed by atoms with van der Waals surface area (Å²) in [6, 6.07) is 1.89. The van der Waals surface area contributed by atoms with E-state index in [9.17, 15) is 10.1 Å². The molecule has 114 valence electrons. The number of esters is 1. The summed E-state index contributed by atoms with van der Waals surface area (Å²) in [6.07, 6.45) is 7.62. The van der Waals surface area contributed by atoms with E-state index in [4.69, 9.17) is 4.74 Å². The molecule has 1 aromatic rings. The number of nitriles is 1. The minimum Gasteiger partial charge on any atom is -0.462 e. The van der Waals surface area contributed by atoms with E-state index in [1.807, 2.05) is 6.20 Å². The van der Waals surface area contributed by atoms with Crippen molar-refractivity contribution in [3.05, 3.63) is 16.9 Å². The van der Waals surface area contributed by atoms with Crippen molar-refractivity contribution in [1.29, 1.82) is 5.26 Å². The van der Waals surface area contributed by atoms with Gasteiger partial charge in [0.05, 0.1) is 28.9 Å². The van der Waals surface area contributed by atoms with Gasteiger partial charge in [-0.1, -0.05) is 12.8 Å². The van der Waals surface area contributed by atoms with Gasteiger partial charge in [-0.05, 0) is 48.5 Å². The van der Waals surface area contributed by atoms with E-state index in [1.54, 1.807) is 24.7 Å². The van der Waals surface area contributed by atoms with Crippen molar-refractivity contribution in [3.8, 4) is 6.07 Å². The molecule has 0 radical (unpaired) electrons. The van der Waals surface area contributed by atoms with Gasteiger partial charge in [-0.25, -0.2) is 0 Å². The minimum atomic E-state index is -0.817. The molecule has 0 bridgehead atoms. The zero-order valence-electron chi connectivity index (χ0n) is 12.3. The third-order valence-electron chi connectivity index (χ3n) is 3.84. The van der Waals surface area contributed by atoms with Gasteiger partial charge >= 0.3 is 5.97 Å². The van der Waals surface area contributed by atoms with Gasteiger partial charge in [0.1, 0.15) is 0 Å². The van der Waals surface area contributed by atoms with Crippen molar-refractivity contribution in [2.75, 3.05) is 0 Å². The molecule has 1 fully saturated rings. The maximum Gasteiger partial charge on any atom is 0.325 e. The zero-order valence-corrected chi connectivity index (χ0v) is 13.9. The largest absolute Gasteiger partial charge is 0.462 e. The molecule has 21 heavy (non-hydrogen) atoms. The van der Waals surface area contributed by atoms with Crippen molar-refractivity contribution in [3.63, 3.8) is 0 Å². The molecule has 0 aromatic carbocycles. The summed E-state index contributed by atoms with van der Waals surface area (Å²) in [7, 11) is 0. The molecule has 2 atom stereocenters. The summed E-state index contributed by atoms with van der Waals surface area (Å²) < 4.78 is 7.85. The standard InChI is InChI=1S/C15H20BrN3O2/c1-10(2)21-15(20)13(7-17)14(11-5-3-4-6-11)19-9-12(16)8-18-19/h8-11,13-14H,3-6H2,1-2H3/t13-,14?/m0/s1. The van der Waals surface area contributed by atoms with Crippen LogP contribution in [0.15, 0.2) is 16.9 Å². The highest BCUT2D eigenvalue weighted by Crippen LogP contribution is 2.39. The molecule has 1 heterocycles. The molecule has 2 rings (SSSR count). The number of carbonyl (C=O) groups is 1. The Kier molecular flexibility index (Phi) is 5.40. The number of aromatic nitrogens is 2. The van der Waals surface area contributed by atoms with E-state index >= 15 is 0 Å². The Balaban J connectivity index is 2.28. The van der Waals surface area contributed by atoms with Gasteiger partial charge in [-0.3, -0.25) is 9.48 Å². The Hall–Kier alpha value is -1.35. The lowest BCUT2D eigenvalue weighted by atomic mass is 9.87. The summed E-state index contributed by atoms with van der Waals surface area (Å²) in [5.41, 5.74) is 0. The normalized spacial score (nSPS) is 18.4. The minimum absolute atomic E-state index is 0.220. The van der Waals surface area contributed by atoms with Crippen LogP contribution >= 0.6 is 15.9 Å². The predicted octanol–water partition coefficient (Wildman–Crippen LogP) is 3.47. The van der Waals surface area contributed by atoms with E-state index in [2.05, 4.69) is 27.1 Å². The molecule has 5 nitrogen and oxygen atoms in total. The molecule has 1 saturated carbocycles. The third-order valence-corrected chi connectivity index (χ3v) is 4.25. The van der Waals surface area contributed by atoms with Crippen molar-refractivity contribution in [2.24, 2.45) is 11.8 Å². The SMILES string of the molecule is CC(C)OC(=O)[C@@H](C#N)C(C1CCCC1)n1cc(Br)cn1. The number of rotatable bonds is 5. The molecule has 0 aliphatic heterocycles. The number of ether oxygens (including phenoxy) is 1. The summed E-state index contributed by atoms with van der Waals surface area (Å²) in [5.74, 6) is -0.973. The van der Waals surface area contributed by atoms with Crippen molar-refractivity contribution < 1.29 is 9.53 Å². The van der Waals surface area contributed by atoms with Gasteiger partial charge < -0.3 is 4.74 Å². The van der Waals surface area contributed by atoms with Crippen LogP contribution in [-0.2, 0) is 9.53 Å². The zero-order chi connectivity index (χ0) is 15.4.